The minimum Gasteiger partial charge on any atom is -0.307 e. The number of aromatic nitrogens is 2. The summed E-state index contributed by atoms with van der Waals surface area (Å²) in [5.41, 5.74) is 1.19. The van der Waals surface area contributed by atoms with Gasteiger partial charge in [0, 0.05) is 30.4 Å². The third-order valence-electron chi connectivity index (χ3n) is 4.36. The second-order valence-electron chi connectivity index (χ2n) is 6.52. The van der Waals surface area contributed by atoms with Gasteiger partial charge in [0.25, 0.3) is 11.8 Å². The first kappa shape index (κ1) is 29.6. The molecule has 2 amide bonds. The van der Waals surface area contributed by atoms with Gasteiger partial charge in [0.15, 0.2) is 0 Å². The largest absolute Gasteiger partial charge is 0.307 e. The number of carbonyl (C=O) groups excluding carboxylic acids is 2. The monoisotopic (exact) mass is 552 g/mol. The number of aliphatic imine (C=N–C) groups is 1. The third-order valence-corrected chi connectivity index (χ3v) is 4.58. The van der Waals surface area contributed by atoms with Gasteiger partial charge in [-0.1, -0.05) is 17.7 Å². The van der Waals surface area contributed by atoms with Gasteiger partial charge in [0.2, 0.25) is 0 Å². The molecule has 0 spiro atoms. The number of carbonyl (C=O) groups is 2. The number of hydrogen-bond donors (Lipinski definition) is 1. The van der Waals surface area contributed by atoms with E-state index in [1.807, 2.05) is 0 Å². The van der Waals surface area contributed by atoms with Crippen LogP contribution < -0.4 is 10.3 Å². The van der Waals surface area contributed by atoms with E-state index < -0.39 is 0 Å². The Kier molecular flexibility index (Phi) is 11.9. The fourth-order valence-electron chi connectivity index (χ4n) is 2.85. The first-order valence-corrected chi connectivity index (χ1v) is 9.93. The molecule has 0 bridgehead atoms. The zero-order valence-corrected chi connectivity index (χ0v) is 21.1. The summed E-state index contributed by atoms with van der Waals surface area (Å²) >= 11 is 5.82. The van der Waals surface area contributed by atoms with Crippen LogP contribution in [-0.2, 0) is 0 Å². The Morgan fingerprint density at radius 1 is 0.914 bits per heavy atom. The molecule has 3 heterocycles. The van der Waals surface area contributed by atoms with Crippen molar-refractivity contribution in [3.8, 4) is 0 Å². The molecule has 0 saturated carbocycles. The lowest BCUT2D eigenvalue weighted by Crippen LogP contribution is -2.43. The lowest BCUT2D eigenvalue weighted by atomic mass is 10.2. The average molecular weight is 554 g/mol. The Morgan fingerprint density at radius 2 is 1.69 bits per heavy atom. The van der Waals surface area contributed by atoms with E-state index in [2.05, 4.69) is 20.3 Å². The molecule has 0 radical (unpaired) electrons. The van der Waals surface area contributed by atoms with Gasteiger partial charge in [-0.25, -0.2) is 20.0 Å². The van der Waals surface area contributed by atoms with Crippen molar-refractivity contribution in [2.75, 3.05) is 10.3 Å². The van der Waals surface area contributed by atoms with Crippen LogP contribution in [0.1, 0.15) is 20.8 Å². The van der Waals surface area contributed by atoms with Gasteiger partial charge in [0.1, 0.15) is 17.9 Å². The van der Waals surface area contributed by atoms with Gasteiger partial charge in [0.05, 0.1) is 10.7 Å². The Balaban J connectivity index is 0.00000204. The van der Waals surface area contributed by atoms with Crippen molar-refractivity contribution < 1.29 is 9.59 Å². The number of rotatable bonds is 5. The molecule has 2 aromatic heterocycles. The smallest absolute Gasteiger partial charge is 0.296 e. The molecule has 182 valence electrons. The summed E-state index contributed by atoms with van der Waals surface area (Å²) in [4.78, 5) is 38.2. The van der Waals surface area contributed by atoms with E-state index >= 15 is 0 Å². The fraction of sp³-hybridized carbons (Fsp3) is 0. The first-order valence-electron chi connectivity index (χ1n) is 9.55. The fourth-order valence-corrected chi connectivity index (χ4v) is 2.96. The minimum atomic E-state index is -0.355. The Hall–Kier alpha value is -3.43. The molecule has 0 unspecified atom stereocenters. The molecule has 35 heavy (non-hydrogen) atoms. The van der Waals surface area contributed by atoms with Crippen molar-refractivity contribution in [3.05, 3.63) is 108 Å². The van der Waals surface area contributed by atoms with E-state index in [1.54, 1.807) is 90.4 Å². The van der Waals surface area contributed by atoms with Crippen LogP contribution in [-0.4, -0.2) is 33.1 Å². The standard InChI is InChI=1S/C23H17ClN6O2.3ClH/c24-18-8-11-21(27-15-18)28-22(31)17-6-9-19(10-7-17)30(29-14-4-3-12-25-16-29)23(32)20-5-1-2-13-26-20;;;/h1-16H,(H,27,28,31);3*1H. The first-order chi connectivity index (χ1) is 15.6. The molecule has 12 heteroatoms. The molecule has 1 aromatic carbocycles. The van der Waals surface area contributed by atoms with Crippen molar-refractivity contribution in [1.82, 2.24) is 15.0 Å². The van der Waals surface area contributed by atoms with E-state index in [9.17, 15) is 9.59 Å². The van der Waals surface area contributed by atoms with Crippen LogP contribution in [0.25, 0.3) is 0 Å². The normalized spacial score (nSPS) is 11.3. The topological polar surface area (TPSA) is 90.8 Å². The molecule has 0 fully saturated rings. The summed E-state index contributed by atoms with van der Waals surface area (Å²) in [6, 6.07) is 14.9. The van der Waals surface area contributed by atoms with E-state index in [0.29, 0.717) is 22.1 Å². The lowest BCUT2D eigenvalue weighted by molar-refractivity contribution is 0.0949. The molecule has 1 N–H and O–H groups in total. The number of anilines is 2. The third kappa shape index (κ3) is 7.53. The Morgan fingerprint density at radius 3 is 2.34 bits per heavy atom. The van der Waals surface area contributed by atoms with Crippen LogP contribution in [0.3, 0.4) is 0 Å². The zero-order chi connectivity index (χ0) is 22.3. The molecular weight excluding hydrogens is 534 g/mol. The summed E-state index contributed by atoms with van der Waals surface area (Å²) in [6.07, 6.45) is 11.3. The molecule has 1 aliphatic heterocycles. The second-order valence-corrected chi connectivity index (χ2v) is 6.96. The van der Waals surface area contributed by atoms with Crippen molar-refractivity contribution in [1.29, 1.82) is 0 Å². The highest BCUT2D eigenvalue weighted by Crippen LogP contribution is 2.21. The Bertz CT molecular complexity index is 1190. The maximum absolute atomic E-state index is 13.3. The highest BCUT2D eigenvalue weighted by atomic mass is 35.5. The summed E-state index contributed by atoms with van der Waals surface area (Å²) in [5, 5.41) is 6.14. The predicted molar refractivity (Wildman–Crippen MR) is 145 cm³/mol. The molecule has 0 saturated heterocycles. The second kappa shape index (κ2) is 14.1. The molecule has 4 rings (SSSR count). The van der Waals surface area contributed by atoms with Crippen LogP contribution in [0, 0.1) is 0 Å². The summed E-state index contributed by atoms with van der Waals surface area (Å²) in [5.74, 6) is -0.311. The van der Waals surface area contributed by atoms with Crippen LogP contribution >= 0.6 is 48.8 Å². The van der Waals surface area contributed by atoms with Gasteiger partial charge >= 0.3 is 0 Å². The summed E-state index contributed by atoms with van der Waals surface area (Å²) < 4.78 is 0. The van der Waals surface area contributed by atoms with Crippen LogP contribution in [0.15, 0.2) is 96.5 Å². The summed E-state index contributed by atoms with van der Waals surface area (Å²) in [6.45, 7) is 0. The average Bonchev–Trinajstić information content (AvgIpc) is 3.11. The van der Waals surface area contributed by atoms with E-state index in [0.717, 1.165) is 0 Å². The van der Waals surface area contributed by atoms with E-state index in [4.69, 9.17) is 11.6 Å². The quantitative estimate of drug-likeness (QED) is 0.445. The lowest BCUT2D eigenvalue weighted by Gasteiger charge is -2.30. The number of nitrogens with zero attached hydrogens (tertiary/aromatic N) is 5. The minimum absolute atomic E-state index is 0. The predicted octanol–water partition coefficient (Wildman–Crippen LogP) is 5.58. The maximum Gasteiger partial charge on any atom is 0.296 e. The highest BCUT2D eigenvalue weighted by Gasteiger charge is 2.23. The SMILES string of the molecule is Cl.Cl.Cl.O=C(Nc1ccc(Cl)cn1)c1ccc(N(C(=O)c2ccccn2)N2C=CC=CN=C2)cc1. The number of nitrogens with one attached hydrogen (secondary N) is 1. The number of hydrazine groups is 1. The molecule has 3 aromatic rings. The highest BCUT2D eigenvalue weighted by molar-refractivity contribution is 6.30. The molecule has 1 aliphatic rings. The molecule has 0 atom stereocenters. The number of allylic oxidation sites excluding steroid dienone is 2. The van der Waals surface area contributed by atoms with Crippen LogP contribution in [0.2, 0.25) is 5.02 Å². The zero-order valence-electron chi connectivity index (χ0n) is 17.9. The van der Waals surface area contributed by atoms with Crippen molar-refractivity contribution >= 4 is 78.5 Å². The van der Waals surface area contributed by atoms with Crippen molar-refractivity contribution in [2.45, 2.75) is 0 Å². The van der Waals surface area contributed by atoms with Crippen LogP contribution in [0.5, 0.6) is 0 Å². The van der Waals surface area contributed by atoms with E-state index in [1.165, 1.54) is 17.5 Å². The van der Waals surface area contributed by atoms with Crippen LogP contribution in [0.4, 0.5) is 11.5 Å². The number of amides is 2. The van der Waals surface area contributed by atoms with Gasteiger partial charge in [-0.15, -0.1) is 37.2 Å². The number of halogens is 4. The number of hydrogen-bond acceptors (Lipinski definition) is 6. The molecule has 8 nitrogen and oxygen atoms in total. The van der Waals surface area contributed by atoms with Gasteiger partial charge in [-0.3, -0.25) is 14.6 Å². The van der Waals surface area contributed by atoms with Crippen molar-refractivity contribution in [2.24, 2.45) is 4.99 Å². The van der Waals surface area contributed by atoms with Gasteiger partial charge in [-0.05, 0) is 60.7 Å². The van der Waals surface area contributed by atoms with E-state index in [-0.39, 0.29) is 54.7 Å². The molecular formula is C23H20Cl4N6O2. The van der Waals surface area contributed by atoms with Gasteiger partial charge < -0.3 is 5.32 Å². The summed E-state index contributed by atoms with van der Waals surface area (Å²) in [7, 11) is 0. The number of pyridine rings is 2. The molecule has 0 aliphatic carbocycles. The van der Waals surface area contributed by atoms with Crippen molar-refractivity contribution in [3.63, 3.8) is 0 Å². The number of benzene rings is 1. The maximum atomic E-state index is 13.3. The van der Waals surface area contributed by atoms with Gasteiger partial charge in [-0.2, -0.15) is 0 Å². The Labute approximate surface area is 225 Å².